The number of carbonyl (C=O) groups excluding carboxylic acids is 3. The summed E-state index contributed by atoms with van der Waals surface area (Å²) in [6, 6.07) is 0. The van der Waals surface area contributed by atoms with E-state index in [4.69, 9.17) is 32.3 Å². The Labute approximate surface area is 613 Å². The monoisotopic (exact) mass is 1450 g/mol. The molecule has 0 bridgehead atoms. The van der Waals surface area contributed by atoms with Gasteiger partial charge < -0.3 is 34.2 Å². The number of esters is 3. The van der Waals surface area contributed by atoms with Gasteiger partial charge in [0.2, 0.25) is 0 Å². The predicted octanol–water partition coefficient (Wildman–Crippen LogP) is 22.9. The van der Waals surface area contributed by atoms with Crippen LogP contribution in [-0.2, 0) is 55.8 Å². The fourth-order valence-corrected chi connectivity index (χ4v) is 11.6. The summed E-state index contributed by atoms with van der Waals surface area (Å²) in [5, 5.41) is 20.6. The Balaban J connectivity index is 4.58. The van der Waals surface area contributed by atoms with Crippen LogP contribution in [0.1, 0.15) is 303 Å². The second-order valence-corrected chi connectivity index (χ2v) is 28.7. The molecule has 0 aliphatic carbocycles. The number of ether oxygens (including phenoxy) is 3. The molecule has 0 rings (SSSR count). The van der Waals surface area contributed by atoms with Crippen molar-refractivity contribution in [3.63, 3.8) is 0 Å². The second-order valence-electron chi connectivity index (χ2n) is 25.8. The summed E-state index contributed by atoms with van der Waals surface area (Å²) in [7, 11) is -9.81. The van der Waals surface area contributed by atoms with Gasteiger partial charge in [-0.2, -0.15) is 0 Å². The van der Waals surface area contributed by atoms with Crippen LogP contribution in [0.15, 0.2) is 146 Å². The number of unbranched alkanes of at least 4 members (excludes halogenated alkanes) is 26. The molecule has 0 amide bonds. The predicted molar refractivity (Wildman–Crippen MR) is 417 cm³/mol. The molecule has 101 heavy (non-hydrogen) atoms. The molecular weight excluding hydrogens is 1310 g/mol. The van der Waals surface area contributed by atoms with E-state index in [-0.39, 0.29) is 19.3 Å². The summed E-state index contributed by atoms with van der Waals surface area (Å²) in [5.41, 5.74) is 0. The van der Waals surface area contributed by atoms with E-state index in [0.717, 1.165) is 141 Å². The molecule has 5 atom stereocenters. The fraction of sp³-hybridized carbons (Fsp3) is 0.675. The Hall–Kier alpha value is -4.57. The Morgan fingerprint density at radius 2 is 0.525 bits per heavy atom. The Kier molecular flexibility index (Phi) is 71.7. The first-order chi connectivity index (χ1) is 49.2. The molecule has 0 spiro atoms. The normalized spacial score (nSPS) is 14.8. The van der Waals surface area contributed by atoms with Gasteiger partial charge in [-0.05, 0) is 148 Å². The van der Waals surface area contributed by atoms with Gasteiger partial charge in [0.1, 0.15) is 25.4 Å². The number of hydrogen-bond donors (Lipinski definition) is 4. The summed E-state index contributed by atoms with van der Waals surface area (Å²) in [4.78, 5) is 58.6. The minimum absolute atomic E-state index is 0.0745. The zero-order valence-electron chi connectivity index (χ0n) is 63.0. The summed E-state index contributed by atoms with van der Waals surface area (Å²) in [6.45, 7) is 2.44. The van der Waals surface area contributed by atoms with Crippen LogP contribution in [-0.4, -0.2) is 95.9 Å². The average Bonchev–Trinajstić information content (AvgIpc) is 1.09. The van der Waals surface area contributed by atoms with E-state index >= 15 is 0 Å². The molecule has 4 N–H and O–H groups in total. The SMILES string of the molecule is CC/C=C\C/C=C\C/C=C\C/C=C\C/C=C\C/C=C\CCCCC(=O)OCC(COP(=O)(O)OCC(O)COP(=O)(O)OCC(O)COC(=O)CCCCCCCCCCCCCCC/C=C\C/C=C\C/C=C\C/C=C\CCCCC)OC(=O)CCCCCCC/C=C\C/C=C\CCCCC. The van der Waals surface area contributed by atoms with Gasteiger partial charge in [-0.3, -0.25) is 32.5 Å². The highest BCUT2D eigenvalue weighted by Gasteiger charge is 2.29. The molecule has 0 saturated carbocycles. The largest absolute Gasteiger partial charge is 0.472 e. The van der Waals surface area contributed by atoms with Gasteiger partial charge in [-0.25, -0.2) is 9.13 Å². The molecule has 0 aromatic rings. The lowest BCUT2D eigenvalue weighted by molar-refractivity contribution is -0.161. The first-order valence-corrected chi connectivity index (χ1v) is 42.1. The average molecular weight is 1460 g/mol. The minimum atomic E-state index is -4.95. The van der Waals surface area contributed by atoms with Gasteiger partial charge in [0.15, 0.2) is 6.10 Å². The van der Waals surface area contributed by atoms with E-state index in [0.29, 0.717) is 19.3 Å². The number of rotatable bonds is 73. The molecule has 0 saturated heterocycles. The maximum absolute atomic E-state index is 13.0. The first-order valence-electron chi connectivity index (χ1n) is 39.1. The van der Waals surface area contributed by atoms with Gasteiger partial charge in [-0.15, -0.1) is 0 Å². The molecule has 0 fully saturated rings. The lowest BCUT2D eigenvalue weighted by Crippen LogP contribution is -2.30. The fourth-order valence-electron chi connectivity index (χ4n) is 10.1. The lowest BCUT2D eigenvalue weighted by atomic mass is 10.0. The van der Waals surface area contributed by atoms with Crippen molar-refractivity contribution in [1.29, 1.82) is 0 Å². The van der Waals surface area contributed by atoms with Crippen molar-refractivity contribution in [2.24, 2.45) is 0 Å². The van der Waals surface area contributed by atoms with Gasteiger partial charge in [0.25, 0.3) is 0 Å². The van der Waals surface area contributed by atoms with Crippen LogP contribution < -0.4 is 0 Å². The van der Waals surface area contributed by atoms with Crippen LogP contribution in [0.2, 0.25) is 0 Å². The second kappa shape index (κ2) is 75.1. The Bertz CT molecular complexity index is 2420. The number of aliphatic hydroxyl groups excluding tert-OH is 2. The van der Waals surface area contributed by atoms with E-state index in [2.05, 4.69) is 167 Å². The van der Waals surface area contributed by atoms with Gasteiger partial charge in [0.05, 0.1) is 26.4 Å². The van der Waals surface area contributed by atoms with Crippen LogP contribution >= 0.6 is 15.6 Å². The van der Waals surface area contributed by atoms with E-state index in [9.17, 15) is 43.5 Å². The van der Waals surface area contributed by atoms with Gasteiger partial charge >= 0.3 is 33.6 Å². The highest BCUT2D eigenvalue weighted by molar-refractivity contribution is 7.47. The smallest absolute Gasteiger partial charge is 0.463 e. The maximum Gasteiger partial charge on any atom is 0.472 e. The van der Waals surface area contributed by atoms with Crippen molar-refractivity contribution >= 4 is 33.6 Å². The lowest BCUT2D eigenvalue weighted by Gasteiger charge is -2.21. The summed E-state index contributed by atoms with van der Waals surface area (Å²) in [5.74, 6) is -1.65. The molecule has 0 aliphatic rings. The third kappa shape index (κ3) is 76.4. The highest BCUT2D eigenvalue weighted by Crippen LogP contribution is 2.45. The van der Waals surface area contributed by atoms with Crippen LogP contribution in [0.5, 0.6) is 0 Å². The number of phosphoric acid groups is 2. The molecule has 16 nitrogen and oxygen atoms in total. The van der Waals surface area contributed by atoms with Crippen LogP contribution in [0.3, 0.4) is 0 Å². The number of aliphatic hydroxyl groups is 2. The molecule has 0 heterocycles. The topological polar surface area (TPSA) is 231 Å². The van der Waals surface area contributed by atoms with Crippen molar-refractivity contribution in [3.8, 4) is 0 Å². The van der Waals surface area contributed by atoms with Crippen LogP contribution in [0.4, 0.5) is 0 Å². The molecule has 18 heteroatoms. The minimum Gasteiger partial charge on any atom is -0.463 e. The van der Waals surface area contributed by atoms with Gasteiger partial charge in [-0.1, -0.05) is 282 Å². The summed E-state index contributed by atoms with van der Waals surface area (Å²) in [6.07, 6.45) is 91.9. The summed E-state index contributed by atoms with van der Waals surface area (Å²) >= 11 is 0. The molecule has 5 unspecified atom stereocenters. The van der Waals surface area contributed by atoms with E-state index in [1.807, 2.05) is 0 Å². The molecule has 578 valence electrons. The quantitative estimate of drug-likeness (QED) is 0.0146. The number of allylic oxidation sites excluding steroid dienone is 24. The summed E-state index contributed by atoms with van der Waals surface area (Å²) < 4.78 is 61.0. The Morgan fingerprint density at radius 3 is 0.851 bits per heavy atom. The van der Waals surface area contributed by atoms with Crippen molar-refractivity contribution in [2.45, 2.75) is 322 Å². The van der Waals surface area contributed by atoms with Crippen molar-refractivity contribution in [1.82, 2.24) is 0 Å². The third-order valence-corrected chi connectivity index (χ3v) is 17.9. The molecule has 0 radical (unpaired) electrons. The van der Waals surface area contributed by atoms with Crippen molar-refractivity contribution < 1.29 is 75.8 Å². The number of carbonyl (C=O) groups is 3. The third-order valence-electron chi connectivity index (χ3n) is 16.0. The molecule has 0 aromatic heterocycles. The molecule has 0 aromatic carbocycles. The van der Waals surface area contributed by atoms with E-state index in [1.54, 1.807) is 0 Å². The first kappa shape index (κ1) is 96.4. The zero-order chi connectivity index (χ0) is 73.7. The molecule has 0 aliphatic heterocycles. The van der Waals surface area contributed by atoms with Gasteiger partial charge in [0, 0.05) is 19.3 Å². The number of phosphoric ester groups is 2. The van der Waals surface area contributed by atoms with E-state index < -0.39 is 91.5 Å². The Morgan fingerprint density at radius 1 is 0.287 bits per heavy atom. The molecular formula is C83H140O16P2. The van der Waals surface area contributed by atoms with Crippen LogP contribution in [0.25, 0.3) is 0 Å². The zero-order valence-corrected chi connectivity index (χ0v) is 64.8. The van der Waals surface area contributed by atoms with Crippen LogP contribution in [0, 0.1) is 0 Å². The standard InChI is InChI=1S/C83H140O16P2/c1-4-7-10-13-16-19-22-25-28-30-32-34-35-36-37-38-39-40-41-43-45-46-49-51-54-57-60-63-66-69-81(86)93-72-78(84)73-95-100(89,90)96-74-79(85)75-97-101(91,92)98-77-80(99-83(88)71-68-65-62-59-56-53-48-27-24-21-18-15-12-9-6-3)76-94-82(87)70-67-64-61-58-55-52-50-47-44-42-33-31-29-26-23-20-17-14-11-8-5-2/h8,11,16-21,25-29,32-34,36-37,42,47-48,50,55,58,78-80,84-85H,4-7,9-10,12-15,22-24,30-31,35,38-41,43-46,49,51-54,56-57,59-77H2,1-3H3,(H,89,90)(H,91,92)/b11-8-,19-16-,20-17-,21-18-,28-25-,29-26-,34-32-,37-36-,42-33-,48-27-,50-47-,58-55-. The van der Waals surface area contributed by atoms with Crippen molar-refractivity contribution in [2.75, 3.05) is 39.6 Å². The van der Waals surface area contributed by atoms with Crippen molar-refractivity contribution in [3.05, 3.63) is 146 Å². The number of hydrogen-bond acceptors (Lipinski definition) is 14. The maximum atomic E-state index is 13.0. The van der Waals surface area contributed by atoms with E-state index in [1.165, 1.54) is 103 Å². The highest BCUT2D eigenvalue weighted by atomic mass is 31.2.